The van der Waals surface area contributed by atoms with Gasteiger partial charge >= 0.3 is 0 Å². The highest BCUT2D eigenvalue weighted by molar-refractivity contribution is 5.04. The van der Waals surface area contributed by atoms with Crippen LogP contribution in [0.5, 0.6) is 0 Å². The van der Waals surface area contributed by atoms with Gasteiger partial charge in [0.25, 0.3) is 0 Å². The molecule has 2 aromatic rings. The van der Waals surface area contributed by atoms with E-state index >= 15 is 0 Å². The molecule has 7 heteroatoms. The van der Waals surface area contributed by atoms with Crippen molar-refractivity contribution in [2.75, 3.05) is 26.2 Å². The average molecular weight is 329 g/mol. The summed E-state index contributed by atoms with van der Waals surface area (Å²) < 4.78 is 2.24. The van der Waals surface area contributed by atoms with Crippen LogP contribution >= 0.6 is 0 Å². The molecule has 2 aromatic heterocycles. The first-order valence-electron chi connectivity index (χ1n) is 9.10. The molecule has 4 rings (SSSR count). The zero-order valence-corrected chi connectivity index (χ0v) is 14.5. The number of rotatable bonds is 5. The zero-order chi connectivity index (χ0) is 16.4. The third kappa shape index (κ3) is 3.37. The fourth-order valence-corrected chi connectivity index (χ4v) is 3.97. The van der Waals surface area contributed by atoms with Crippen LogP contribution < -0.4 is 0 Å². The number of likely N-dealkylation sites (tertiary alicyclic amines) is 2. The zero-order valence-electron chi connectivity index (χ0n) is 14.5. The van der Waals surface area contributed by atoms with Gasteiger partial charge in [-0.25, -0.2) is 4.98 Å². The molecule has 0 aromatic carbocycles. The van der Waals surface area contributed by atoms with E-state index in [4.69, 9.17) is 0 Å². The van der Waals surface area contributed by atoms with E-state index in [1.807, 2.05) is 6.20 Å². The van der Waals surface area contributed by atoms with E-state index in [2.05, 4.69) is 41.6 Å². The van der Waals surface area contributed by atoms with Crippen molar-refractivity contribution in [2.24, 2.45) is 7.05 Å². The SMILES string of the molecule is Cn1c(CN2CCCC2)nnc1C1CCN(Cc2cnc[nH]2)CC1. The topological polar surface area (TPSA) is 65.9 Å². The number of piperidine rings is 1. The molecule has 2 aliphatic heterocycles. The lowest BCUT2D eigenvalue weighted by molar-refractivity contribution is 0.198. The van der Waals surface area contributed by atoms with Gasteiger partial charge < -0.3 is 9.55 Å². The van der Waals surface area contributed by atoms with Crippen LogP contribution in [0, 0.1) is 0 Å². The van der Waals surface area contributed by atoms with Crippen molar-refractivity contribution in [1.29, 1.82) is 0 Å². The van der Waals surface area contributed by atoms with Crippen LogP contribution in [0.15, 0.2) is 12.5 Å². The summed E-state index contributed by atoms with van der Waals surface area (Å²) in [5.41, 5.74) is 1.19. The van der Waals surface area contributed by atoms with E-state index in [0.717, 1.165) is 44.8 Å². The predicted octanol–water partition coefficient (Wildman–Crippen LogP) is 1.51. The molecule has 0 atom stereocenters. The van der Waals surface area contributed by atoms with Crippen molar-refractivity contribution >= 4 is 0 Å². The Kier molecular flexibility index (Phi) is 4.62. The van der Waals surface area contributed by atoms with Crippen LogP contribution in [0.25, 0.3) is 0 Å². The van der Waals surface area contributed by atoms with Gasteiger partial charge in [0.15, 0.2) is 0 Å². The molecule has 0 radical (unpaired) electrons. The molecule has 0 spiro atoms. The third-order valence-corrected chi connectivity index (χ3v) is 5.46. The second-order valence-electron chi connectivity index (χ2n) is 7.14. The minimum atomic E-state index is 0.535. The molecule has 24 heavy (non-hydrogen) atoms. The Balaban J connectivity index is 1.34. The van der Waals surface area contributed by atoms with Gasteiger partial charge in [-0.15, -0.1) is 10.2 Å². The van der Waals surface area contributed by atoms with Gasteiger partial charge in [0, 0.05) is 31.4 Å². The number of H-pyrrole nitrogens is 1. The summed E-state index contributed by atoms with van der Waals surface area (Å²) in [6, 6.07) is 0. The Morgan fingerprint density at radius 1 is 1.04 bits per heavy atom. The van der Waals surface area contributed by atoms with Gasteiger partial charge in [0.2, 0.25) is 0 Å². The molecule has 2 aliphatic rings. The smallest absolute Gasteiger partial charge is 0.146 e. The van der Waals surface area contributed by atoms with Crippen molar-refractivity contribution in [3.8, 4) is 0 Å². The van der Waals surface area contributed by atoms with E-state index in [0.29, 0.717) is 5.92 Å². The van der Waals surface area contributed by atoms with Crippen LogP contribution in [0.4, 0.5) is 0 Å². The number of imidazole rings is 1. The first-order chi connectivity index (χ1) is 11.8. The van der Waals surface area contributed by atoms with Crippen LogP contribution in [-0.4, -0.2) is 60.7 Å². The lowest BCUT2D eigenvalue weighted by Crippen LogP contribution is -2.33. The molecule has 130 valence electrons. The van der Waals surface area contributed by atoms with Gasteiger partial charge in [-0.05, 0) is 51.9 Å². The molecule has 0 saturated carbocycles. The lowest BCUT2D eigenvalue weighted by atomic mass is 9.96. The van der Waals surface area contributed by atoms with E-state index in [9.17, 15) is 0 Å². The Hall–Kier alpha value is -1.73. The van der Waals surface area contributed by atoms with Crippen molar-refractivity contribution in [3.63, 3.8) is 0 Å². The number of aromatic amines is 1. The predicted molar refractivity (Wildman–Crippen MR) is 91.4 cm³/mol. The summed E-state index contributed by atoms with van der Waals surface area (Å²) in [6.07, 6.45) is 8.62. The minimum absolute atomic E-state index is 0.535. The maximum absolute atomic E-state index is 4.53. The lowest BCUT2D eigenvalue weighted by Gasteiger charge is -2.31. The second-order valence-corrected chi connectivity index (χ2v) is 7.14. The summed E-state index contributed by atoms with van der Waals surface area (Å²) in [6.45, 7) is 6.53. The first-order valence-corrected chi connectivity index (χ1v) is 9.10. The number of nitrogens with zero attached hydrogens (tertiary/aromatic N) is 6. The molecule has 4 heterocycles. The average Bonchev–Trinajstić information content (AvgIpc) is 3.34. The maximum atomic E-state index is 4.53. The summed E-state index contributed by atoms with van der Waals surface area (Å²) in [5.74, 6) is 2.82. The second kappa shape index (κ2) is 7.03. The fraction of sp³-hybridized carbons (Fsp3) is 0.706. The molecular formula is C17H27N7. The Labute approximate surface area is 143 Å². The van der Waals surface area contributed by atoms with E-state index in [1.54, 1.807) is 6.33 Å². The first kappa shape index (κ1) is 15.8. The van der Waals surface area contributed by atoms with Crippen LogP contribution in [0.2, 0.25) is 0 Å². The van der Waals surface area contributed by atoms with E-state index in [1.165, 1.54) is 37.4 Å². The third-order valence-electron chi connectivity index (χ3n) is 5.46. The largest absolute Gasteiger partial charge is 0.347 e. The number of hydrogen-bond donors (Lipinski definition) is 1. The van der Waals surface area contributed by atoms with Crippen molar-refractivity contribution < 1.29 is 0 Å². The Morgan fingerprint density at radius 2 is 1.79 bits per heavy atom. The minimum Gasteiger partial charge on any atom is -0.347 e. The van der Waals surface area contributed by atoms with Crippen molar-refractivity contribution in [1.82, 2.24) is 34.5 Å². The Morgan fingerprint density at radius 3 is 2.50 bits per heavy atom. The normalized spacial score (nSPS) is 20.9. The highest BCUT2D eigenvalue weighted by Gasteiger charge is 2.26. The van der Waals surface area contributed by atoms with Gasteiger partial charge in [0.05, 0.1) is 12.9 Å². The highest BCUT2D eigenvalue weighted by Crippen LogP contribution is 2.27. The van der Waals surface area contributed by atoms with Gasteiger partial charge in [-0.3, -0.25) is 9.80 Å². The molecule has 1 N–H and O–H groups in total. The van der Waals surface area contributed by atoms with E-state index in [-0.39, 0.29) is 0 Å². The summed E-state index contributed by atoms with van der Waals surface area (Å²) in [7, 11) is 2.14. The van der Waals surface area contributed by atoms with Crippen LogP contribution in [0.3, 0.4) is 0 Å². The molecule has 7 nitrogen and oxygen atoms in total. The summed E-state index contributed by atoms with van der Waals surface area (Å²) in [4.78, 5) is 12.3. The van der Waals surface area contributed by atoms with E-state index < -0.39 is 0 Å². The molecule has 2 saturated heterocycles. The quantitative estimate of drug-likeness (QED) is 0.901. The molecule has 0 bridgehead atoms. The van der Waals surface area contributed by atoms with Crippen molar-refractivity contribution in [3.05, 3.63) is 29.9 Å². The van der Waals surface area contributed by atoms with Crippen LogP contribution in [-0.2, 0) is 20.1 Å². The maximum Gasteiger partial charge on any atom is 0.146 e. The molecule has 0 unspecified atom stereocenters. The highest BCUT2D eigenvalue weighted by atomic mass is 15.3. The van der Waals surface area contributed by atoms with Gasteiger partial charge in [-0.2, -0.15) is 0 Å². The standard InChI is InChI=1S/C17H27N7/c1-22-16(12-23-6-2-3-7-23)20-21-17(22)14-4-8-24(9-5-14)11-15-10-18-13-19-15/h10,13-14H,2-9,11-12H2,1H3,(H,18,19). The molecular weight excluding hydrogens is 302 g/mol. The fourth-order valence-electron chi connectivity index (χ4n) is 3.97. The van der Waals surface area contributed by atoms with Gasteiger partial charge in [0.1, 0.15) is 11.6 Å². The molecule has 0 amide bonds. The summed E-state index contributed by atoms with van der Waals surface area (Å²) >= 11 is 0. The molecule has 2 fully saturated rings. The summed E-state index contributed by atoms with van der Waals surface area (Å²) in [5, 5.41) is 9.01. The number of hydrogen-bond acceptors (Lipinski definition) is 5. The van der Waals surface area contributed by atoms with Crippen LogP contribution in [0.1, 0.15) is 48.9 Å². The van der Waals surface area contributed by atoms with Gasteiger partial charge in [-0.1, -0.05) is 0 Å². The Bertz CT molecular complexity index is 634. The number of nitrogens with one attached hydrogen (secondary N) is 1. The van der Waals surface area contributed by atoms with Crippen molar-refractivity contribution in [2.45, 2.75) is 44.7 Å². The number of aromatic nitrogens is 5. The molecule has 0 aliphatic carbocycles. The monoisotopic (exact) mass is 329 g/mol.